The van der Waals surface area contributed by atoms with Crippen molar-refractivity contribution in [2.45, 2.75) is 19.4 Å². The highest BCUT2D eigenvalue weighted by Gasteiger charge is 2.23. The van der Waals surface area contributed by atoms with Gasteiger partial charge in [-0.3, -0.25) is 4.79 Å². The lowest BCUT2D eigenvalue weighted by Crippen LogP contribution is -2.51. The van der Waals surface area contributed by atoms with Crippen molar-refractivity contribution in [3.63, 3.8) is 0 Å². The Hall–Kier alpha value is -1.83. The summed E-state index contributed by atoms with van der Waals surface area (Å²) in [6.07, 6.45) is 0.598. The Balaban J connectivity index is 4.55. The topological polar surface area (TPSA) is 116 Å². The van der Waals surface area contributed by atoms with E-state index in [9.17, 15) is 14.4 Å². The number of aliphatic hydroxyl groups is 1. The minimum Gasteiger partial charge on any atom is -0.480 e. The van der Waals surface area contributed by atoms with Gasteiger partial charge in [-0.25, -0.2) is 9.59 Å². The van der Waals surface area contributed by atoms with Gasteiger partial charge in [-0.1, -0.05) is 6.92 Å². The Morgan fingerprint density at radius 1 is 1.39 bits per heavy atom. The van der Waals surface area contributed by atoms with Gasteiger partial charge in [0.05, 0.1) is 13.7 Å². The molecule has 3 N–H and O–H groups in total. The zero-order valence-electron chi connectivity index (χ0n) is 10.4. The van der Waals surface area contributed by atoms with Crippen LogP contribution in [0.4, 0.5) is 4.79 Å². The summed E-state index contributed by atoms with van der Waals surface area (Å²) in [6, 6.07) is -2.13. The maximum atomic E-state index is 11.7. The molecule has 8 heteroatoms. The molecule has 0 aliphatic carbocycles. The van der Waals surface area contributed by atoms with Crippen LogP contribution in [0.1, 0.15) is 13.3 Å². The zero-order valence-corrected chi connectivity index (χ0v) is 10.4. The van der Waals surface area contributed by atoms with Crippen LogP contribution in [0, 0.1) is 0 Å². The Kier molecular flexibility index (Phi) is 7.45. The van der Waals surface area contributed by atoms with Crippen molar-refractivity contribution in [1.82, 2.24) is 10.2 Å². The number of carbonyl (C=O) groups is 3. The average molecular weight is 262 g/mol. The maximum Gasteiger partial charge on any atom is 0.328 e. The lowest BCUT2D eigenvalue weighted by Gasteiger charge is -2.23. The number of amides is 2. The number of methoxy groups -OCH3 is 1. The number of carbonyl (C=O) groups excluding carboxylic acids is 2. The molecular formula is C10H18N2O6. The second-order valence-electron chi connectivity index (χ2n) is 3.52. The molecule has 0 heterocycles. The van der Waals surface area contributed by atoms with E-state index in [0.29, 0.717) is 6.42 Å². The Labute approximate surface area is 105 Å². The number of urea groups is 1. The Morgan fingerprint density at radius 2 is 2.00 bits per heavy atom. The van der Waals surface area contributed by atoms with Crippen LogP contribution in [-0.2, 0) is 14.3 Å². The first-order chi connectivity index (χ1) is 8.46. The summed E-state index contributed by atoms with van der Waals surface area (Å²) in [6.45, 7) is 1.09. The van der Waals surface area contributed by atoms with Crippen molar-refractivity contribution >= 4 is 18.0 Å². The van der Waals surface area contributed by atoms with E-state index in [4.69, 9.17) is 10.2 Å². The first kappa shape index (κ1) is 16.2. The molecule has 2 amide bonds. The largest absolute Gasteiger partial charge is 0.480 e. The van der Waals surface area contributed by atoms with Crippen molar-refractivity contribution in [3.8, 4) is 0 Å². The van der Waals surface area contributed by atoms with Crippen molar-refractivity contribution in [2.24, 2.45) is 0 Å². The molecule has 0 spiro atoms. The van der Waals surface area contributed by atoms with Crippen molar-refractivity contribution in [1.29, 1.82) is 0 Å². The molecule has 0 rings (SSSR count). The molecule has 18 heavy (non-hydrogen) atoms. The van der Waals surface area contributed by atoms with Crippen LogP contribution >= 0.6 is 0 Å². The van der Waals surface area contributed by atoms with Gasteiger partial charge in [0, 0.05) is 6.54 Å². The van der Waals surface area contributed by atoms with Gasteiger partial charge in [-0.15, -0.1) is 0 Å². The van der Waals surface area contributed by atoms with Crippen LogP contribution in [0.2, 0.25) is 0 Å². The van der Waals surface area contributed by atoms with Crippen molar-refractivity contribution in [2.75, 3.05) is 26.8 Å². The second-order valence-corrected chi connectivity index (χ2v) is 3.52. The molecule has 8 nitrogen and oxygen atoms in total. The lowest BCUT2D eigenvalue weighted by atomic mass is 10.3. The summed E-state index contributed by atoms with van der Waals surface area (Å²) in [5.74, 6) is -1.95. The number of nitrogens with one attached hydrogen (secondary N) is 1. The summed E-state index contributed by atoms with van der Waals surface area (Å²) < 4.78 is 4.43. The van der Waals surface area contributed by atoms with Crippen LogP contribution in [-0.4, -0.2) is 65.9 Å². The third kappa shape index (κ3) is 5.48. The predicted molar refractivity (Wildman–Crippen MR) is 60.9 cm³/mol. The Morgan fingerprint density at radius 3 is 2.39 bits per heavy atom. The van der Waals surface area contributed by atoms with E-state index in [-0.39, 0.29) is 13.1 Å². The fourth-order valence-electron chi connectivity index (χ4n) is 1.17. The van der Waals surface area contributed by atoms with E-state index < -0.39 is 30.6 Å². The summed E-state index contributed by atoms with van der Waals surface area (Å²) in [7, 11) is 1.19. The van der Waals surface area contributed by atoms with Gasteiger partial charge in [0.25, 0.3) is 0 Å². The van der Waals surface area contributed by atoms with E-state index in [0.717, 1.165) is 4.90 Å². The summed E-state index contributed by atoms with van der Waals surface area (Å²) in [5, 5.41) is 19.6. The average Bonchev–Trinajstić information content (AvgIpc) is 2.34. The molecule has 0 aromatic heterocycles. The van der Waals surface area contributed by atoms with Gasteiger partial charge in [0.15, 0.2) is 6.04 Å². The number of carboxylic acids is 1. The standard InChI is InChI=1S/C10H18N2O6/c1-3-4-12(5-8(14)18-2)10(17)11-7(6-13)9(15)16/h7,13H,3-6H2,1-2H3,(H,11,17)(H,15,16)/t7-/m1/s1. The second kappa shape index (κ2) is 8.29. The highest BCUT2D eigenvalue weighted by molar-refractivity contribution is 5.85. The number of aliphatic carboxylic acids is 1. The van der Waals surface area contributed by atoms with E-state index in [1.807, 2.05) is 0 Å². The monoisotopic (exact) mass is 262 g/mol. The molecule has 104 valence electrons. The predicted octanol–water partition coefficient (Wildman–Crippen LogP) is -0.973. The maximum absolute atomic E-state index is 11.7. The van der Waals surface area contributed by atoms with Crippen LogP contribution in [0.3, 0.4) is 0 Å². The highest BCUT2D eigenvalue weighted by atomic mass is 16.5. The lowest BCUT2D eigenvalue weighted by molar-refractivity contribution is -0.141. The number of esters is 1. The molecule has 0 aliphatic heterocycles. The summed E-state index contributed by atoms with van der Waals surface area (Å²) in [5.41, 5.74) is 0. The van der Waals surface area contributed by atoms with Gasteiger partial charge >= 0.3 is 18.0 Å². The fourth-order valence-corrected chi connectivity index (χ4v) is 1.17. The third-order valence-corrected chi connectivity index (χ3v) is 2.11. The third-order valence-electron chi connectivity index (χ3n) is 2.11. The zero-order chi connectivity index (χ0) is 14.1. The van der Waals surface area contributed by atoms with Gasteiger partial charge in [-0.2, -0.15) is 0 Å². The molecular weight excluding hydrogens is 244 g/mol. The fraction of sp³-hybridized carbons (Fsp3) is 0.700. The molecule has 0 bridgehead atoms. The van der Waals surface area contributed by atoms with Crippen molar-refractivity contribution < 1.29 is 29.3 Å². The number of ether oxygens (including phenoxy) is 1. The number of rotatable bonds is 7. The van der Waals surface area contributed by atoms with E-state index >= 15 is 0 Å². The minimum atomic E-state index is -1.39. The normalized spacial score (nSPS) is 11.5. The number of hydrogen-bond acceptors (Lipinski definition) is 5. The molecule has 0 saturated heterocycles. The number of carboxylic acid groups (broad SMARTS) is 1. The SMILES string of the molecule is CCCN(CC(=O)OC)C(=O)N[C@H](CO)C(=O)O. The van der Waals surface area contributed by atoms with Crippen LogP contribution in [0.5, 0.6) is 0 Å². The Bertz CT molecular complexity index is 307. The van der Waals surface area contributed by atoms with Gasteiger partial charge < -0.3 is 25.2 Å². The molecule has 1 atom stereocenters. The van der Waals surface area contributed by atoms with Gasteiger partial charge in [0.1, 0.15) is 6.54 Å². The minimum absolute atomic E-state index is 0.270. The molecule has 0 saturated carbocycles. The highest BCUT2D eigenvalue weighted by Crippen LogP contribution is 1.96. The summed E-state index contributed by atoms with van der Waals surface area (Å²) in [4.78, 5) is 34.5. The van der Waals surface area contributed by atoms with Crippen LogP contribution in [0.25, 0.3) is 0 Å². The first-order valence-electron chi connectivity index (χ1n) is 5.42. The molecule has 0 radical (unpaired) electrons. The van der Waals surface area contributed by atoms with E-state index in [2.05, 4.69) is 10.1 Å². The number of nitrogens with zero attached hydrogens (tertiary/aromatic N) is 1. The smallest absolute Gasteiger partial charge is 0.328 e. The van der Waals surface area contributed by atoms with Gasteiger partial charge in [0.2, 0.25) is 0 Å². The summed E-state index contributed by atoms with van der Waals surface area (Å²) >= 11 is 0. The van der Waals surface area contributed by atoms with Gasteiger partial charge in [-0.05, 0) is 6.42 Å². The first-order valence-corrected chi connectivity index (χ1v) is 5.42. The molecule has 0 aliphatic rings. The molecule has 0 fully saturated rings. The molecule has 0 unspecified atom stereocenters. The number of aliphatic hydroxyl groups excluding tert-OH is 1. The van der Waals surface area contributed by atoms with Crippen LogP contribution < -0.4 is 5.32 Å². The van der Waals surface area contributed by atoms with Crippen molar-refractivity contribution in [3.05, 3.63) is 0 Å². The van der Waals surface area contributed by atoms with Crippen LogP contribution in [0.15, 0.2) is 0 Å². The molecule has 0 aromatic rings. The molecule has 0 aromatic carbocycles. The van der Waals surface area contributed by atoms with E-state index in [1.54, 1.807) is 6.92 Å². The van der Waals surface area contributed by atoms with E-state index in [1.165, 1.54) is 7.11 Å². The number of hydrogen-bond donors (Lipinski definition) is 3. The quantitative estimate of drug-likeness (QED) is 0.508.